The number of carbonyl (C=O) groups excluding carboxylic acids is 1. The number of carbonyl (C=O) groups is 1. The van der Waals surface area contributed by atoms with Gasteiger partial charge < -0.3 is 20.5 Å². The van der Waals surface area contributed by atoms with E-state index in [0.29, 0.717) is 31.8 Å². The van der Waals surface area contributed by atoms with Crippen molar-refractivity contribution < 1.29 is 14.6 Å². The quantitative estimate of drug-likeness (QED) is 0.780. The first-order valence-electron chi connectivity index (χ1n) is 8.25. The molecule has 128 valence electrons. The third kappa shape index (κ3) is 3.40. The molecular formula is C17H32N2O3. The minimum atomic E-state index is -0.910. The number of amides is 1. The predicted octanol–water partition coefficient (Wildman–Crippen LogP) is 2.51. The molecule has 0 aromatic carbocycles. The minimum Gasteiger partial charge on any atom is -0.444 e. The molecular weight excluding hydrogens is 280 g/mol. The zero-order valence-electron chi connectivity index (χ0n) is 14.9. The first kappa shape index (κ1) is 17.5. The lowest BCUT2D eigenvalue weighted by Crippen LogP contribution is -2.80. The third-order valence-electron chi connectivity index (χ3n) is 4.88. The van der Waals surface area contributed by atoms with Crippen molar-refractivity contribution in [2.24, 2.45) is 17.1 Å². The molecule has 5 nitrogen and oxygen atoms in total. The maximum absolute atomic E-state index is 12.1. The number of hydrogen-bond donors (Lipinski definition) is 2. The second-order valence-corrected chi connectivity index (χ2v) is 9.38. The molecule has 2 atom stereocenters. The van der Waals surface area contributed by atoms with Crippen molar-refractivity contribution in [3.63, 3.8) is 0 Å². The Labute approximate surface area is 134 Å². The fraction of sp³-hybridized carbons (Fsp3) is 0.941. The third-order valence-corrected chi connectivity index (χ3v) is 4.88. The van der Waals surface area contributed by atoms with Gasteiger partial charge in [0.25, 0.3) is 0 Å². The van der Waals surface area contributed by atoms with E-state index in [2.05, 4.69) is 20.8 Å². The highest BCUT2D eigenvalue weighted by molar-refractivity contribution is 5.70. The normalized spacial score (nSPS) is 34.0. The molecule has 2 unspecified atom stereocenters. The van der Waals surface area contributed by atoms with Crippen molar-refractivity contribution in [3.05, 3.63) is 0 Å². The zero-order valence-corrected chi connectivity index (χ0v) is 14.9. The Morgan fingerprint density at radius 2 is 1.82 bits per heavy atom. The summed E-state index contributed by atoms with van der Waals surface area (Å²) in [5.74, 6) is 0.435. The highest BCUT2D eigenvalue weighted by Gasteiger charge is 2.59. The highest BCUT2D eigenvalue weighted by atomic mass is 16.6. The van der Waals surface area contributed by atoms with Crippen LogP contribution in [0.4, 0.5) is 4.79 Å². The first-order valence-corrected chi connectivity index (χ1v) is 8.25. The van der Waals surface area contributed by atoms with E-state index >= 15 is 0 Å². The smallest absolute Gasteiger partial charge is 0.410 e. The van der Waals surface area contributed by atoms with E-state index in [1.54, 1.807) is 4.90 Å². The fourth-order valence-corrected chi connectivity index (χ4v) is 4.29. The molecule has 1 aliphatic heterocycles. The van der Waals surface area contributed by atoms with Crippen molar-refractivity contribution in [1.82, 2.24) is 4.90 Å². The lowest BCUT2D eigenvalue weighted by molar-refractivity contribution is -0.152. The van der Waals surface area contributed by atoms with E-state index < -0.39 is 16.7 Å². The zero-order chi connectivity index (χ0) is 17.0. The topological polar surface area (TPSA) is 75.8 Å². The minimum absolute atomic E-state index is 0.0745. The number of nitrogens with two attached hydrogens (primary N) is 1. The molecule has 0 aromatic rings. The Bertz CT molecular complexity index is 449. The molecule has 0 radical (unpaired) electrons. The highest BCUT2D eigenvalue weighted by Crippen LogP contribution is 2.49. The number of ether oxygens (including phenoxy) is 1. The van der Waals surface area contributed by atoms with Crippen molar-refractivity contribution in [2.75, 3.05) is 13.1 Å². The van der Waals surface area contributed by atoms with Crippen molar-refractivity contribution in [2.45, 2.75) is 77.5 Å². The largest absolute Gasteiger partial charge is 0.444 e. The summed E-state index contributed by atoms with van der Waals surface area (Å²) >= 11 is 0. The Balaban J connectivity index is 2.04. The van der Waals surface area contributed by atoms with Gasteiger partial charge in [0.15, 0.2) is 0 Å². The average Bonchev–Trinajstić information content (AvgIpc) is 2.17. The molecule has 2 fully saturated rings. The molecule has 0 spiro atoms. The molecule has 0 aromatic heterocycles. The van der Waals surface area contributed by atoms with Crippen LogP contribution >= 0.6 is 0 Å². The maximum Gasteiger partial charge on any atom is 0.410 e. The van der Waals surface area contributed by atoms with Crippen molar-refractivity contribution in [3.8, 4) is 0 Å². The number of aliphatic hydroxyl groups is 1. The van der Waals surface area contributed by atoms with Gasteiger partial charge in [-0.15, -0.1) is 0 Å². The van der Waals surface area contributed by atoms with Crippen LogP contribution in [0.25, 0.3) is 0 Å². The maximum atomic E-state index is 12.1. The Morgan fingerprint density at radius 3 is 2.27 bits per heavy atom. The molecule has 22 heavy (non-hydrogen) atoms. The molecule has 2 rings (SSSR count). The summed E-state index contributed by atoms with van der Waals surface area (Å²) in [7, 11) is 0. The van der Waals surface area contributed by atoms with Crippen LogP contribution in [-0.4, -0.2) is 45.9 Å². The molecule has 1 saturated heterocycles. The molecule has 2 aliphatic rings. The Morgan fingerprint density at radius 1 is 1.27 bits per heavy atom. The van der Waals surface area contributed by atoms with Crippen LogP contribution in [0.1, 0.15) is 60.8 Å². The number of nitrogens with zero attached hydrogens (tertiary/aromatic N) is 1. The summed E-state index contributed by atoms with van der Waals surface area (Å²) in [5, 5.41) is 11.2. The average molecular weight is 312 g/mol. The molecule has 3 N–H and O–H groups in total. The second kappa shape index (κ2) is 5.10. The lowest BCUT2D eigenvalue weighted by Gasteiger charge is -2.59. The van der Waals surface area contributed by atoms with E-state index in [1.165, 1.54) is 0 Å². The molecule has 1 saturated carbocycles. The van der Waals surface area contributed by atoms with Gasteiger partial charge in [-0.25, -0.2) is 4.79 Å². The predicted molar refractivity (Wildman–Crippen MR) is 86.5 cm³/mol. The van der Waals surface area contributed by atoms with Gasteiger partial charge in [-0.05, 0) is 51.4 Å². The molecule has 1 amide bonds. The molecule has 1 aliphatic carbocycles. The first-order chi connectivity index (χ1) is 9.75. The standard InChI is InChI=1S/C17H32N2O3/c1-12-7-15(5,6)9-17(21,8-12)16(18)10-19(11-16)13(20)22-14(2,3)4/h12,21H,7-11,18H2,1-6H3. The van der Waals surface area contributed by atoms with Crippen LogP contribution in [-0.2, 0) is 4.74 Å². The summed E-state index contributed by atoms with van der Waals surface area (Å²) in [5.41, 5.74) is 4.41. The molecule has 5 heteroatoms. The van der Waals surface area contributed by atoms with E-state index in [4.69, 9.17) is 10.5 Å². The Kier molecular flexibility index (Phi) is 4.06. The molecule has 0 bridgehead atoms. The van der Waals surface area contributed by atoms with E-state index in [0.717, 1.165) is 6.42 Å². The van der Waals surface area contributed by atoms with Crippen LogP contribution in [0.15, 0.2) is 0 Å². The summed E-state index contributed by atoms with van der Waals surface area (Å²) in [6, 6.07) is 0. The summed E-state index contributed by atoms with van der Waals surface area (Å²) in [6.07, 6.45) is 2.14. The van der Waals surface area contributed by atoms with Crippen LogP contribution < -0.4 is 5.73 Å². The van der Waals surface area contributed by atoms with Gasteiger partial charge in [-0.3, -0.25) is 0 Å². The summed E-state index contributed by atoms with van der Waals surface area (Å²) in [6.45, 7) is 12.8. The second-order valence-electron chi connectivity index (χ2n) is 9.38. The van der Waals surface area contributed by atoms with Gasteiger partial charge in [-0.2, -0.15) is 0 Å². The van der Waals surface area contributed by atoms with E-state index in [1.807, 2.05) is 20.8 Å². The monoisotopic (exact) mass is 312 g/mol. The lowest BCUT2D eigenvalue weighted by atomic mass is 9.58. The van der Waals surface area contributed by atoms with E-state index in [-0.39, 0.29) is 11.5 Å². The number of likely N-dealkylation sites (tertiary alicyclic amines) is 1. The van der Waals surface area contributed by atoms with Gasteiger partial charge in [0.1, 0.15) is 5.60 Å². The SMILES string of the molecule is CC1CC(C)(C)CC(O)(C2(N)CN(C(=O)OC(C)(C)C)C2)C1. The van der Waals surface area contributed by atoms with E-state index in [9.17, 15) is 9.90 Å². The van der Waals surface area contributed by atoms with Gasteiger partial charge in [0, 0.05) is 13.1 Å². The van der Waals surface area contributed by atoms with Gasteiger partial charge >= 0.3 is 6.09 Å². The van der Waals surface area contributed by atoms with Crippen LogP contribution in [0.2, 0.25) is 0 Å². The van der Waals surface area contributed by atoms with Crippen LogP contribution in [0.3, 0.4) is 0 Å². The van der Waals surface area contributed by atoms with Gasteiger partial charge in [0.05, 0.1) is 11.1 Å². The fourth-order valence-electron chi connectivity index (χ4n) is 4.29. The van der Waals surface area contributed by atoms with Gasteiger partial charge in [0.2, 0.25) is 0 Å². The summed E-state index contributed by atoms with van der Waals surface area (Å²) in [4.78, 5) is 13.7. The van der Waals surface area contributed by atoms with Crippen LogP contribution in [0.5, 0.6) is 0 Å². The summed E-state index contributed by atoms with van der Waals surface area (Å²) < 4.78 is 5.37. The number of hydrogen-bond acceptors (Lipinski definition) is 4. The van der Waals surface area contributed by atoms with Gasteiger partial charge in [-0.1, -0.05) is 20.8 Å². The Hall–Kier alpha value is -0.810. The molecule has 1 heterocycles. The van der Waals surface area contributed by atoms with Crippen molar-refractivity contribution in [1.29, 1.82) is 0 Å². The number of rotatable bonds is 1. The van der Waals surface area contributed by atoms with Crippen molar-refractivity contribution >= 4 is 6.09 Å². The van der Waals surface area contributed by atoms with Crippen LogP contribution in [0, 0.1) is 11.3 Å².